The number of carbonyl (C=O) groups is 4. The van der Waals surface area contributed by atoms with Crippen LogP contribution in [0.25, 0.3) is 0 Å². The summed E-state index contributed by atoms with van der Waals surface area (Å²) in [7, 11) is 0. The van der Waals surface area contributed by atoms with Crippen LogP contribution in [-0.4, -0.2) is 70.7 Å². The Hall–Kier alpha value is -3.86. The van der Waals surface area contributed by atoms with Crippen LogP contribution in [0.15, 0.2) is 30.6 Å². The van der Waals surface area contributed by atoms with E-state index in [0.29, 0.717) is 17.2 Å². The van der Waals surface area contributed by atoms with Gasteiger partial charge >= 0.3 is 0 Å². The zero-order valence-corrected chi connectivity index (χ0v) is 17.8. The molecule has 170 valence electrons. The molecule has 4 heterocycles. The number of anilines is 2. The normalized spacial score (nSPS) is 20.7. The Kier molecular flexibility index (Phi) is 5.47. The van der Waals surface area contributed by atoms with Gasteiger partial charge in [-0.25, -0.2) is 9.97 Å². The number of hydrogen-bond donors (Lipinski definition) is 3. The average Bonchev–Trinajstić information content (AvgIpc) is 3.09. The summed E-state index contributed by atoms with van der Waals surface area (Å²) in [5.74, 6) is -1.39. The molecule has 2 aromatic rings. The van der Waals surface area contributed by atoms with Gasteiger partial charge in [0, 0.05) is 39.1 Å². The number of rotatable bonds is 5. The van der Waals surface area contributed by atoms with Crippen LogP contribution in [0.1, 0.15) is 39.1 Å². The van der Waals surface area contributed by atoms with Gasteiger partial charge in [0.15, 0.2) is 0 Å². The predicted octanol–water partition coefficient (Wildman–Crippen LogP) is -0.100. The third kappa shape index (κ3) is 3.91. The SMILES string of the molecule is O=C1CCC(N2C(=O)c3cccc(CNc4cnc(N5CCNCC5)nc4)c3C2=O)C(=O)N1. The second-order valence-corrected chi connectivity index (χ2v) is 8.15. The summed E-state index contributed by atoms with van der Waals surface area (Å²) in [5.41, 5.74) is 1.85. The lowest BCUT2D eigenvalue weighted by Gasteiger charge is -2.27. The zero-order valence-electron chi connectivity index (χ0n) is 17.8. The first kappa shape index (κ1) is 21.0. The number of fused-ring (bicyclic) bond motifs is 1. The van der Waals surface area contributed by atoms with Crippen LogP contribution in [0.4, 0.5) is 11.6 Å². The molecule has 1 aromatic carbocycles. The van der Waals surface area contributed by atoms with Gasteiger partial charge in [-0.1, -0.05) is 12.1 Å². The molecule has 0 bridgehead atoms. The highest BCUT2D eigenvalue weighted by Gasteiger charge is 2.45. The van der Waals surface area contributed by atoms with Crippen molar-refractivity contribution in [1.29, 1.82) is 0 Å². The first-order valence-electron chi connectivity index (χ1n) is 10.9. The molecule has 0 radical (unpaired) electrons. The van der Waals surface area contributed by atoms with E-state index >= 15 is 0 Å². The fraction of sp³-hybridized carbons (Fsp3) is 0.364. The van der Waals surface area contributed by atoms with Gasteiger partial charge in [-0.2, -0.15) is 0 Å². The first-order chi connectivity index (χ1) is 16.0. The lowest BCUT2D eigenvalue weighted by atomic mass is 10.0. The van der Waals surface area contributed by atoms with Crippen molar-refractivity contribution in [2.75, 3.05) is 36.4 Å². The van der Waals surface area contributed by atoms with E-state index in [1.54, 1.807) is 30.6 Å². The summed E-state index contributed by atoms with van der Waals surface area (Å²) in [6.45, 7) is 3.77. The van der Waals surface area contributed by atoms with Gasteiger partial charge in [-0.3, -0.25) is 29.4 Å². The van der Waals surface area contributed by atoms with Gasteiger partial charge in [0.05, 0.1) is 29.2 Å². The highest BCUT2D eigenvalue weighted by molar-refractivity contribution is 6.24. The molecule has 1 atom stereocenters. The summed E-state index contributed by atoms with van der Waals surface area (Å²) in [4.78, 5) is 61.8. The fourth-order valence-electron chi connectivity index (χ4n) is 4.37. The molecule has 3 aliphatic heterocycles. The Bertz CT molecular complexity index is 1130. The largest absolute Gasteiger partial charge is 0.378 e. The van der Waals surface area contributed by atoms with Crippen LogP contribution < -0.4 is 20.9 Å². The van der Waals surface area contributed by atoms with Gasteiger partial charge in [0.1, 0.15) is 6.04 Å². The second-order valence-electron chi connectivity index (χ2n) is 8.15. The van der Waals surface area contributed by atoms with Crippen LogP contribution in [0.2, 0.25) is 0 Å². The maximum atomic E-state index is 13.2. The molecule has 0 saturated carbocycles. The molecular weight excluding hydrogens is 426 g/mol. The minimum absolute atomic E-state index is 0.0855. The van der Waals surface area contributed by atoms with Gasteiger partial charge < -0.3 is 15.5 Å². The van der Waals surface area contributed by atoms with Gasteiger partial charge in [-0.05, 0) is 18.1 Å². The summed E-state index contributed by atoms with van der Waals surface area (Å²) < 4.78 is 0. The van der Waals surface area contributed by atoms with E-state index < -0.39 is 29.7 Å². The smallest absolute Gasteiger partial charge is 0.262 e. The quantitative estimate of drug-likeness (QED) is 0.535. The van der Waals surface area contributed by atoms with E-state index in [1.807, 2.05) is 0 Å². The van der Waals surface area contributed by atoms with E-state index in [-0.39, 0.29) is 30.5 Å². The second kappa shape index (κ2) is 8.58. The highest BCUT2D eigenvalue weighted by atomic mass is 16.2. The van der Waals surface area contributed by atoms with Crippen molar-refractivity contribution in [3.8, 4) is 0 Å². The van der Waals surface area contributed by atoms with Crippen molar-refractivity contribution < 1.29 is 19.2 Å². The lowest BCUT2D eigenvalue weighted by molar-refractivity contribution is -0.136. The van der Waals surface area contributed by atoms with E-state index in [1.165, 1.54) is 0 Å². The summed E-state index contributed by atoms with van der Waals surface area (Å²) in [5, 5.41) is 8.70. The summed E-state index contributed by atoms with van der Waals surface area (Å²) in [6, 6.07) is 4.07. The zero-order chi connectivity index (χ0) is 22.9. The molecule has 2 saturated heterocycles. The number of amides is 4. The van der Waals surface area contributed by atoms with Crippen LogP contribution in [0.5, 0.6) is 0 Å². The third-order valence-corrected chi connectivity index (χ3v) is 6.08. The van der Waals surface area contributed by atoms with E-state index in [9.17, 15) is 19.2 Å². The number of imide groups is 2. The molecular formula is C22H23N7O4. The number of nitrogens with one attached hydrogen (secondary N) is 3. The molecule has 0 aliphatic carbocycles. The van der Waals surface area contributed by atoms with Crippen molar-refractivity contribution >= 4 is 35.3 Å². The maximum absolute atomic E-state index is 13.2. The summed E-state index contributed by atoms with van der Waals surface area (Å²) in [6.07, 6.45) is 3.59. The molecule has 3 N–H and O–H groups in total. The number of benzene rings is 1. The lowest BCUT2D eigenvalue weighted by Crippen LogP contribution is -2.54. The molecule has 3 aliphatic rings. The number of hydrogen-bond acceptors (Lipinski definition) is 9. The molecule has 4 amide bonds. The van der Waals surface area contributed by atoms with Crippen LogP contribution >= 0.6 is 0 Å². The maximum Gasteiger partial charge on any atom is 0.262 e. The highest BCUT2D eigenvalue weighted by Crippen LogP contribution is 2.30. The number of aromatic nitrogens is 2. The van der Waals surface area contributed by atoms with Gasteiger partial charge in [-0.15, -0.1) is 0 Å². The van der Waals surface area contributed by atoms with Crippen LogP contribution in [0, 0.1) is 0 Å². The van der Waals surface area contributed by atoms with Crippen molar-refractivity contribution in [3.05, 3.63) is 47.3 Å². The standard InChI is InChI=1S/C22H23N7O4/c30-17-5-4-16(19(31)27-17)29-20(32)15-3-1-2-13(18(15)21(29)33)10-24-14-11-25-22(26-12-14)28-8-6-23-7-9-28/h1-3,11-12,16,23-24H,4-10H2,(H,27,30,31). The summed E-state index contributed by atoms with van der Waals surface area (Å²) >= 11 is 0. The fourth-order valence-corrected chi connectivity index (χ4v) is 4.37. The van der Waals surface area contributed by atoms with E-state index in [0.717, 1.165) is 31.1 Å². The molecule has 1 unspecified atom stereocenters. The van der Waals surface area contributed by atoms with Gasteiger partial charge in [0.25, 0.3) is 11.8 Å². The first-order valence-corrected chi connectivity index (χ1v) is 10.9. The van der Waals surface area contributed by atoms with Crippen molar-refractivity contribution in [2.45, 2.75) is 25.4 Å². The number of piperazine rings is 1. The Labute approximate surface area is 189 Å². The Morgan fingerprint density at radius 2 is 1.79 bits per heavy atom. The number of carbonyl (C=O) groups excluding carboxylic acids is 4. The minimum atomic E-state index is -0.984. The molecule has 5 rings (SSSR count). The Balaban J connectivity index is 1.31. The number of piperidine rings is 1. The minimum Gasteiger partial charge on any atom is -0.378 e. The molecule has 1 aromatic heterocycles. The molecule has 33 heavy (non-hydrogen) atoms. The van der Waals surface area contributed by atoms with Crippen molar-refractivity contribution in [2.24, 2.45) is 0 Å². The average molecular weight is 449 g/mol. The number of nitrogens with zero attached hydrogens (tertiary/aromatic N) is 4. The molecule has 0 spiro atoms. The molecule has 11 heteroatoms. The Morgan fingerprint density at radius 1 is 1.03 bits per heavy atom. The van der Waals surface area contributed by atoms with E-state index in [4.69, 9.17) is 0 Å². The predicted molar refractivity (Wildman–Crippen MR) is 118 cm³/mol. The van der Waals surface area contributed by atoms with Crippen LogP contribution in [0.3, 0.4) is 0 Å². The Morgan fingerprint density at radius 3 is 2.52 bits per heavy atom. The van der Waals surface area contributed by atoms with Gasteiger partial charge in [0.2, 0.25) is 17.8 Å². The molecule has 11 nitrogen and oxygen atoms in total. The van der Waals surface area contributed by atoms with Crippen LogP contribution in [-0.2, 0) is 16.1 Å². The third-order valence-electron chi connectivity index (χ3n) is 6.08. The topological polar surface area (TPSA) is 137 Å². The monoisotopic (exact) mass is 449 g/mol. The van der Waals surface area contributed by atoms with Crippen molar-refractivity contribution in [3.63, 3.8) is 0 Å². The van der Waals surface area contributed by atoms with E-state index in [2.05, 4.69) is 30.8 Å². The van der Waals surface area contributed by atoms with Crippen molar-refractivity contribution in [1.82, 2.24) is 25.5 Å². The molecule has 2 fully saturated rings.